The van der Waals surface area contributed by atoms with Crippen LogP contribution in [0.3, 0.4) is 0 Å². The summed E-state index contributed by atoms with van der Waals surface area (Å²) in [6, 6.07) is 6.79. The van der Waals surface area contributed by atoms with E-state index >= 15 is 0 Å². The minimum absolute atomic E-state index is 0.116. The maximum absolute atomic E-state index is 12.9. The van der Waals surface area contributed by atoms with Gasteiger partial charge in [0.15, 0.2) is 0 Å². The number of benzene rings is 1. The summed E-state index contributed by atoms with van der Waals surface area (Å²) in [6.07, 6.45) is 1.66. The SMILES string of the molecule is CCC[C@H](NC(=O)[C@H](CC(C)C)NC(=O)[C@@H](N)Cc1ccccc1)C(=O)C(=O)NCC. The Morgan fingerprint density at radius 3 is 2.10 bits per heavy atom. The average molecular weight is 433 g/mol. The van der Waals surface area contributed by atoms with Crippen LogP contribution in [-0.2, 0) is 25.6 Å². The Morgan fingerprint density at radius 2 is 1.55 bits per heavy atom. The van der Waals surface area contributed by atoms with Gasteiger partial charge in [-0.3, -0.25) is 19.2 Å². The van der Waals surface area contributed by atoms with Crippen LogP contribution in [-0.4, -0.2) is 48.2 Å². The summed E-state index contributed by atoms with van der Waals surface area (Å²) >= 11 is 0. The second-order valence-electron chi connectivity index (χ2n) is 8.06. The Hall–Kier alpha value is -2.74. The van der Waals surface area contributed by atoms with Gasteiger partial charge in [-0.2, -0.15) is 0 Å². The van der Waals surface area contributed by atoms with Crippen LogP contribution in [0.4, 0.5) is 0 Å². The second kappa shape index (κ2) is 13.5. The summed E-state index contributed by atoms with van der Waals surface area (Å²) < 4.78 is 0. The predicted octanol–water partition coefficient (Wildman–Crippen LogP) is 1.08. The van der Waals surface area contributed by atoms with Crippen LogP contribution < -0.4 is 21.7 Å². The molecule has 5 N–H and O–H groups in total. The molecule has 0 spiro atoms. The van der Waals surface area contributed by atoms with Gasteiger partial charge >= 0.3 is 0 Å². The molecule has 0 aliphatic rings. The molecule has 172 valence electrons. The molecule has 0 aliphatic heterocycles. The summed E-state index contributed by atoms with van der Waals surface area (Å²) in [5, 5.41) is 7.84. The van der Waals surface area contributed by atoms with Crippen LogP contribution in [0.1, 0.15) is 52.5 Å². The van der Waals surface area contributed by atoms with E-state index in [1.54, 1.807) is 6.92 Å². The first-order valence-electron chi connectivity index (χ1n) is 10.9. The van der Waals surface area contributed by atoms with E-state index in [1.807, 2.05) is 51.1 Å². The number of nitrogens with two attached hydrogens (primary N) is 1. The van der Waals surface area contributed by atoms with Crippen molar-refractivity contribution in [3.63, 3.8) is 0 Å². The number of Topliss-reactive ketones (excluding diaryl/α,β-unsaturated/α-hetero) is 1. The van der Waals surface area contributed by atoms with E-state index in [0.29, 0.717) is 32.2 Å². The Labute approximate surface area is 184 Å². The van der Waals surface area contributed by atoms with Crippen LogP contribution in [0, 0.1) is 5.92 Å². The molecule has 0 fully saturated rings. The predicted molar refractivity (Wildman–Crippen MR) is 120 cm³/mol. The van der Waals surface area contributed by atoms with Crippen molar-refractivity contribution < 1.29 is 19.2 Å². The first-order chi connectivity index (χ1) is 14.7. The van der Waals surface area contributed by atoms with E-state index in [-0.39, 0.29) is 5.92 Å². The lowest BCUT2D eigenvalue weighted by molar-refractivity contribution is -0.140. The molecular weight excluding hydrogens is 396 g/mol. The molecular formula is C23H36N4O4. The van der Waals surface area contributed by atoms with Gasteiger partial charge in [-0.15, -0.1) is 0 Å². The molecule has 0 radical (unpaired) electrons. The average Bonchev–Trinajstić information content (AvgIpc) is 2.72. The number of rotatable bonds is 13. The van der Waals surface area contributed by atoms with Crippen molar-refractivity contribution in [1.29, 1.82) is 0 Å². The molecule has 8 nitrogen and oxygen atoms in total. The van der Waals surface area contributed by atoms with E-state index in [0.717, 1.165) is 5.56 Å². The van der Waals surface area contributed by atoms with Crippen LogP contribution in [0.15, 0.2) is 30.3 Å². The van der Waals surface area contributed by atoms with Crippen molar-refractivity contribution in [2.75, 3.05) is 6.54 Å². The van der Waals surface area contributed by atoms with Crippen LogP contribution in [0.25, 0.3) is 0 Å². The van der Waals surface area contributed by atoms with Crippen molar-refractivity contribution in [2.45, 2.75) is 71.5 Å². The van der Waals surface area contributed by atoms with Crippen molar-refractivity contribution >= 4 is 23.5 Å². The number of nitrogens with one attached hydrogen (secondary N) is 3. The number of carbonyl (C=O) groups is 4. The summed E-state index contributed by atoms with van der Waals surface area (Å²) in [6.45, 7) is 7.76. The molecule has 8 heteroatoms. The molecule has 1 rings (SSSR count). The quantitative estimate of drug-likeness (QED) is 0.347. The standard InChI is InChI=1S/C23H36N4O4/c1-5-10-18(20(28)23(31)25-6-2)26-22(30)19(13-15(3)4)27-21(29)17(24)14-16-11-8-7-9-12-16/h7-9,11-12,15,17-19H,5-6,10,13-14,24H2,1-4H3,(H,25,31)(H,26,30)(H,27,29)/t17-,18-,19-/m0/s1. The number of ketones is 1. The topological polar surface area (TPSA) is 130 Å². The minimum atomic E-state index is -0.936. The first kappa shape index (κ1) is 26.3. The summed E-state index contributed by atoms with van der Waals surface area (Å²) in [4.78, 5) is 49.9. The molecule has 1 aromatic rings. The minimum Gasteiger partial charge on any atom is -0.350 e. The van der Waals surface area contributed by atoms with Gasteiger partial charge in [-0.05, 0) is 37.7 Å². The first-order valence-corrected chi connectivity index (χ1v) is 10.9. The lowest BCUT2D eigenvalue weighted by atomic mass is 10.00. The van der Waals surface area contributed by atoms with Gasteiger partial charge < -0.3 is 21.7 Å². The molecule has 1 aromatic carbocycles. The van der Waals surface area contributed by atoms with E-state index in [1.165, 1.54) is 0 Å². The van der Waals surface area contributed by atoms with Crippen LogP contribution in [0.2, 0.25) is 0 Å². The molecule has 0 saturated heterocycles. The summed E-state index contributed by atoms with van der Waals surface area (Å²) in [7, 11) is 0. The molecule has 0 saturated carbocycles. The van der Waals surface area contributed by atoms with E-state index in [2.05, 4.69) is 16.0 Å². The lowest BCUT2D eigenvalue weighted by Crippen LogP contribution is -2.56. The van der Waals surface area contributed by atoms with Crippen molar-refractivity contribution in [3.05, 3.63) is 35.9 Å². The monoisotopic (exact) mass is 432 g/mol. The third-order valence-electron chi connectivity index (χ3n) is 4.75. The number of carbonyl (C=O) groups excluding carboxylic acids is 4. The van der Waals surface area contributed by atoms with Crippen molar-refractivity contribution in [1.82, 2.24) is 16.0 Å². The lowest BCUT2D eigenvalue weighted by Gasteiger charge is -2.24. The smallest absolute Gasteiger partial charge is 0.289 e. The zero-order valence-electron chi connectivity index (χ0n) is 18.9. The van der Waals surface area contributed by atoms with E-state index in [9.17, 15) is 19.2 Å². The molecule has 0 unspecified atom stereocenters. The van der Waals surface area contributed by atoms with Gasteiger partial charge in [0.25, 0.3) is 5.91 Å². The zero-order chi connectivity index (χ0) is 23.4. The van der Waals surface area contributed by atoms with E-state index < -0.39 is 41.6 Å². The van der Waals surface area contributed by atoms with Gasteiger partial charge in [0, 0.05) is 6.54 Å². The highest BCUT2D eigenvalue weighted by Crippen LogP contribution is 2.08. The molecule has 0 heterocycles. The fourth-order valence-corrected chi connectivity index (χ4v) is 3.18. The maximum atomic E-state index is 12.9. The molecule has 3 atom stereocenters. The molecule has 3 amide bonds. The number of likely N-dealkylation sites (N-methyl/N-ethyl adjacent to an activating group) is 1. The maximum Gasteiger partial charge on any atom is 0.289 e. The van der Waals surface area contributed by atoms with Gasteiger partial charge in [0.1, 0.15) is 6.04 Å². The highest BCUT2D eigenvalue weighted by atomic mass is 16.2. The van der Waals surface area contributed by atoms with Gasteiger partial charge in [0.05, 0.1) is 12.1 Å². The molecule has 31 heavy (non-hydrogen) atoms. The Bertz CT molecular complexity index is 736. The normalized spacial score (nSPS) is 13.7. The van der Waals surface area contributed by atoms with Crippen molar-refractivity contribution in [3.8, 4) is 0 Å². The largest absolute Gasteiger partial charge is 0.350 e. The number of amides is 3. The number of hydrogen-bond donors (Lipinski definition) is 4. The summed E-state index contributed by atoms with van der Waals surface area (Å²) in [5.74, 6) is -2.23. The third kappa shape index (κ3) is 9.29. The van der Waals surface area contributed by atoms with Crippen molar-refractivity contribution in [2.24, 2.45) is 11.7 Å². The zero-order valence-corrected chi connectivity index (χ0v) is 18.9. The molecule has 0 aromatic heterocycles. The second-order valence-corrected chi connectivity index (χ2v) is 8.06. The van der Waals surface area contributed by atoms with E-state index in [4.69, 9.17) is 5.73 Å². The van der Waals surface area contributed by atoms with Gasteiger partial charge in [0.2, 0.25) is 17.6 Å². The van der Waals surface area contributed by atoms with Crippen LogP contribution >= 0.6 is 0 Å². The highest BCUT2D eigenvalue weighted by molar-refractivity contribution is 6.38. The Balaban J connectivity index is 2.85. The third-order valence-corrected chi connectivity index (χ3v) is 4.75. The Morgan fingerprint density at radius 1 is 0.935 bits per heavy atom. The van der Waals surface area contributed by atoms with Crippen LogP contribution in [0.5, 0.6) is 0 Å². The fraction of sp³-hybridized carbons (Fsp3) is 0.565. The van der Waals surface area contributed by atoms with Gasteiger partial charge in [-0.1, -0.05) is 57.5 Å². The summed E-state index contributed by atoms with van der Waals surface area (Å²) in [5.41, 5.74) is 6.97. The fourth-order valence-electron chi connectivity index (χ4n) is 3.18. The highest BCUT2D eigenvalue weighted by Gasteiger charge is 2.30. The molecule has 0 aliphatic carbocycles. The van der Waals surface area contributed by atoms with Gasteiger partial charge in [-0.25, -0.2) is 0 Å². The Kier molecular flexibility index (Phi) is 11.5. The molecule has 0 bridgehead atoms. The number of hydrogen-bond acceptors (Lipinski definition) is 5.